The molecule has 1 aliphatic rings. The van der Waals surface area contributed by atoms with Gasteiger partial charge in [-0.15, -0.1) is 0 Å². The molecule has 0 amide bonds. The summed E-state index contributed by atoms with van der Waals surface area (Å²) in [4.78, 5) is 19.0. The number of carboxylic acids is 1. The summed E-state index contributed by atoms with van der Waals surface area (Å²) in [5.74, 6) is -4.69. The van der Waals surface area contributed by atoms with Gasteiger partial charge in [0.25, 0.3) is 0 Å². The van der Waals surface area contributed by atoms with Gasteiger partial charge in [-0.05, 0) is 66.8 Å². The summed E-state index contributed by atoms with van der Waals surface area (Å²) in [5, 5.41) is 13.3. The van der Waals surface area contributed by atoms with Crippen LogP contribution in [0, 0.1) is 17.5 Å². The molecular weight excluding hydrogens is 699 g/mol. The van der Waals surface area contributed by atoms with Crippen LogP contribution in [0.25, 0.3) is 0 Å². The minimum atomic E-state index is -6.28. The lowest BCUT2D eigenvalue weighted by molar-refractivity contribution is -0.495. The summed E-state index contributed by atoms with van der Waals surface area (Å²) in [5.41, 5.74) is -7.50. The summed E-state index contributed by atoms with van der Waals surface area (Å²) in [6.45, 7) is -2.07. The zero-order chi connectivity index (χ0) is 36.0. The van der Waals surface area contributed by atoms with Gasteiger partial charge in [-0.2, -0.15) is 31.4 Å². The molecule has 0 fully saturated rings. The third kappa shape index (κ3) is 6.39. The third-order valence-electron chi connectivity index (χ3n) is 8.17. The number of hydrogen-bond acceptors (Lipinski definition) is 6. The fourth-order valence-electron chi connectivity index (χ4n) is 5.75. The topological polar surface area (TPSA) is 108 Å². The van der Waals surface area contributed by atoms with E-state index in [0.717, 1.165) is 47.1 Å². The second kappa shape index (κ2) is 12.8. The molecule has 49 heavy (non-hydrogen) atoms. The van der Waals surface area contributed by atoms with Crippen LogP contribution in [-0.4, -0.2) is 41.6 Å². The Labute approximate surface area is 271 Å². The molecule has 1 aliphatic carbocycles. The Bertz CT molecular complexity index is 1930. The van der Waals surface area contributed by atoms with Crippen molar-refractivity contribution < 1.29 is 67.6 Å². The lowest BCUT2D eigenvalue weighted by Crippen LogP contribution is -2.56. The molecule has 0 saturated heterocycles. The monoisotopic (exact) mass is 722 g/mol. The van der Waals surface area contributed by atoms with E-state index in [4.69, 9.17) is 5.11 Å². The van der Waals surface area contributed by atoms with E-state index in [1.165, 1.54) is 6.20 Å². The van der Waals surface area contributed by atoms with Crippen molar-refractivity contribution in [2.24, 2.45) is 0 Å². The molecule has 0 bridgehead atoms. The number of rotatable bonds is 10. The molecule has 8 nitrogen and oxygen atoms in total. The molecule has 1 atom stereocenters. The highest BCUT2D eigenvalue weighted by Gasteiger charge is 2.75. The zero-order valence-corrected chi connectivity index (χ0v) is 25.5. The van der Waals surface area contributed by atoms with Crippen LogP contribution < -0.4 is 0 Å². The second-order valence-corrected chi connectivity index (χ2v) is 13.4. The maximum Gasteiger partial charge on any atom is 0.434 e. The van der Waals surface area contributed by atoms with Crippen LogP contribution in [0.3, 0.4) is 0 Å². The van der Waals surface area contributed by atoms with Crippen LogP contribution in [0.15, 0.2) is 77.8 Å². The van der Waals surface area contributed by atoms with Gasteiger partial charge in [0.2, 0.25) is 0 Å². The first-order valence-electron chi connectivity index (χ1n) is 14.1. The zero-order valence-electron chi connectivity index (χ0n) is 24.7. The van der Waals surface area contributed by atoms with E-state index in [1.54, 1.807) is 0 Å². The molecule has 1 heterocycles. The Morgan fingerprint density at radius 2 is 1.49 bits per heavy atom. The second-order valence-electron chi connectivity index (χ2n) is 11.1. The van der Waals surface area contributed by atoms with E-state index in [1.807, 2.05) is 0 Å². The molecule has 1 N–H and O–H groups in total. The standard InChI is InChI=1S/C31H23F9N2O6S/c32-21-8-10-22(11-9-21)49(45,46)28(13-12-26-18(14-28)15-42(41-26)16-27(43)44)19-4-6-20(7-5-19)29(30(35,36)37,31(38,39)40)48-47-17-23-24(33)2-1-3-25(23)34/h1-11,15H,12-14,16-17H2,(H,43,44). The average molecular weight is 723 g/mol. The molecule has 0 aliphatic heterocycles. The van der Waals surface area contributed by atoms with Crippen molar-refractivity contribution in [1.82, 2.24) is 9.78 Å². The molecule has 0 spiro atoms. The average Bonchev–Trinajstić information content (AvgIpc) is 3.40. The number of nitrogens with zero attached hydrogens (tertiary/aromatic N) is 2. The number of alkyl halides is 6. The maximum atomic E-state index is 14.4. The summed E-state index contributed by atoms with van der Waals surface area (Å²) in [6, 6.07) is 8.06. The van der Waals surface area contributed by atoms with E-state index in [-0.39, 0.29) is 24.0 Å². The molecule has 262 valence electrons. The Hall–Kier alpha value is -4.42. The highest BCUT2D eigenvalue weighted by atomic mass is 32.2. The highest BCUT2D eigenvalue weighted by Crippen LogP contribution is 2.54. The van der Waals surface area contributed by atoms with Gasteiger partial charge in [0, 0.05) is 11.8 Å². The summed E-state index contributed by atoms with van der Waals surface area (Å²) >= 11 is 0. The van der Waals surface area contributed by atoms with Crippen molar-refractivity contribution in [2.45, 2.75) is 60.0 Å². The molecule has 5 rings (SSSR count). The van der Waals surface area contributed by atoms with Crippen molar-refractivity contribution in [1.29, 1.82) is 0 Å². The number of hydrogen-bond donors (Lipinski definition) is 1. The van der Waals surface area contributed by atoms with Crippen LogP contribution in [0.2, 0.25) is 0 Å². The van der Waals surface area contributed by atoms with E-state index < -0.39 is 91.6 Å². The van der Waals surface area contributed by atoms with Gasteiger partial charge >= 0.3 is 23.9 Å². The fourth-order valence-corrected chi connectivity index (χ4v) is 7.86. The van der Waals surface area contributed by atoms with Gasteiger partial charge in [0.1, 0.15) is 35.4 Å². The molecule has 3 aromatic carbocycles. The van der Waals surface area contributed by atoms with Gasteiger partial charge < -0.3 is 5.11 Å². The molecule has 1 unspecified atom stereocenters. The van der Waals surface area contributed by atoms with Crippen molar-refractivity contribution in [3.63, 3.8) is 0 Å². The largest absolute Gasteiger partial charge is 0.480 e. The molecular formula is C31H23F9N2O6S. The van der Waals surface area contributed by atoms with E-state index in [9.17, 15) is 52.7 Å². The van der Waals surface area contributed by atoms with Gasteiger partial charge in [0.15, 0.2) is 9.84 Å². The predicted molar refractivity (Wildman–Crippen MR) is 150 cm³/mol. The van der Waals surface area contributed by atoms with Crippen LogP contribution in [-0.2, 0) is 60.7 Å². The quantitative estimate of drug-likeness (QED) is 0.0840. The van der Waals surface area contributed by atoms with Crippen molar-refractivity contribution in [3.05, 3.63) is 118 Å². The smallest absolute Gasteiger partial charge is 0.434 e. The van der Waals surface area contributed by atoms with E-state index in [0.29, 0.717) is 30.0 Å². The van der Waals surface area contributed by atoms with Crippen molar-refractivity contribution >= 4 is 15.8 Å². The van der Waals surface area contributed by atoms with Gasteiger partial charge in [0.05, 0.1) is 16.2 Å². The third-order valence-corrected chi connectivity index (χ3v) is 10.7. The molecule has 0 radical (unpaired) electrons. The number of halogens is 9. The minimum absolute atomic E-state index is 0.0945. The first-order chi connectivity index (χ1) is 22.8. The Morgan fingerprint density at radius 3 is 2.04 bits per heavy atom. The summed E-state index contributed by atoms with van der Waals surface area (Å²) in [7, 11) is -4.60. The number of carboxylic acid groups (broad SMARTS) is 1. The lowest BCUT2D eigenvalue weighted by Gasteiger charge is -2.38. The maximum absolute atomic E-state index is 14.4. The molecule has 4 aromatic rings. The summed E-state index contributed by atoms with van der Waals surface area (Å²) < 4.78 is 156. The number of fused-ring (bicyclic) bond motifs is 1. The van der Waals surface area contributed by atoms with Crippen molar-refractivity contribution in [3.8, 4) is 0 Å². The molecule has 1 aromatic heterocycles. The first kappa shape index (κ1) is 35.9. The van der Waals surface area contributed by atoms with E-state index in [2.05, 4.69) is 14.9 Å². The Morgan fingerprint density at radius 1 is 0.898 bits per heavy atom. The normalized spacial score (nSPS) is 17.2. The molecule has 18 heteroatoms. The number of carbonyl (C=O) groups is 1. The lowest BCUT2D eigenvalue weighted by atomic mass is 9.81. The summed E-state index contributed by atoms with van der Waals surface area (Å²) in [6.07, 6.45) is -12.1. The first-order valence-corrected chi connectivity index (χ1v) is 15.6. The van der Waals surface area contributed by atoms with E-state index >= 15 is 0 Å². The number of aliphatic carboxylic acids is 1. The minimum Gasteiger partial charge on any atom is -0.480 e. The van der Waals surface area contributed by atoms with Gasteiger partial charge in [-0.1, -0.05) is 30.3 Å². The number of sulfone groups is 1. The number of benzene rings is 3. The predicted octanol–water partition coefficient (Wildman–Crippen LogP) is 6.71. The van der Waals surface area contributed by atoms with Gasteiger partial charge in [-0.3, -0.25) is 9.48 Å². The van der Waals surface area contributed by atoms with Gasteiger partial charge in [-0.25, -0.2) is 31.4 Å². The Kier molecular flexibility index (Phi) is 9.37. The van der Waals surface area contributed by atoms with Crippen LogP contribution in [0.5, 0.6) is 0 Å². The fraction of sp³-hybridized carbons (Fsp3) is 0.290. The van der Waals surface area contributed by atoms with Crippen LogP contribution in [0.4, 0.5) is 39.5 Å². The Balaban J connectivity index is 1.60. The highest BCUT2D eigenvalue weighted by molar-refractivity contribution is 7.92. The van der Waals surface area contributed by atoms with Crippen LogP contribution in [0.1, 0.15) is 34.4 Å². The van der Waals surface area contributed by atoms with Crippen molar-refractivity contribution in [2.75, 3.05) is 0 Å². The van der Waals surface area contributed by atoms with Crippen LogP contribution >= 0.6 is 0 Å². The number of aromatic nitrogens is 2. The SMILES string of the molecule is O=C(O)Cn1cc2c(n1)CCC(c1ccc(C(OOCc3c(F)cccc3F)(C(F)(F)F)C(F)(F)F)cc1)(S(=O)(=O)c1ccc(F)cc1)C2. The molecule has 0 saturated carbocycles. The number of aryl methyl sites for hydroxylation is 1.